The molecular weight excluding hydrogens is 186 g/mol. The number of nitrogens with two attached hydrogens (primary N) is 2. The lowest BCUT2D eigenvalue weighted by molar-refractivity contribution is -0.127. The van der Waals surface area contributed by atoms with Crippen LogP contribution in [0, 0.1) is 5.92 Å². The molecule has 0 aliphatic heterocycles. The van der Waals surface area contributed by atoms with Crippen molar-refractivity contribution in [2.24, 2.45) is 17.4 Å². The summed E-state index contributed by atoms with van der Waals surface area (Å²) in [5.74, 6) is -1.27. The number of carbonyl (C=O) groups excluding carboxylic acids is 2. The minimum Gasteiger partial charge on any atom is -0.381 e. The second-order valence-corrected chi connectivity index (χ2v) is 3.43. The Morgan fingerprint density at radius 1 is 1.43 bits per heavy atom. The Labute approximate surface area is 82.6 Å². The standard InChI is InChI=1S/C8H17N3O3/c1-4(2)6(9)8(14)11-3-5(12)7(10)13/h4-6,12H,3,9H2,1-2H3,(H2,10,13)(H,11,14). The van der Waals surface area contributed by atoms with Gasteiger partial charge in [0.15, 0.2) is 0 Å². The monoisotopic (exact) mass is 203 g/mol. The Morgan fingerprint density at radius 2 is 1.93 bits per heavy atom. The predicted octanol–water partition coefficient (Wildman–Crippen LogP) is -2.07. The van der Waals surface area contributed by atoms with Crippen molar-refractivity contribution < 1.29 is 14.7 Å². The van der Waals surface area contributed by atoms with Crippen LogP contribution in [0.3, 0.4) is 0 Å². The predicted molar refractivity (Wildman–Crippen MR) is 51.0 cm³/mol. The maximum Gasteiger partial charge on any atom is 0.248 e. The zero-order valence-electron chi connectivity index (χ0n) is 8.36. The molecule has 0 saturated heterocycles. The Kier molecular flexibility index (Phi) is 5.11. The lowest BCUT2D eigenvalue weighted by Gasteiger charge is -2.16. The molecule has 0 spiro atoms. The van der Waals surface area contributed by atoms with Gasteiger partial charge in [-0.1, -0.05) is 13.8 Å². The first-order valence-electron chi connectivity index (χ1n) is 4.37. The highest BCUT2D eigenvalue weighted by Crippen LogP contribution is 1.97. The van der Waals surface area contributed by atoms with E-state index >= 15 is 0 Å². The van der Waals surface area contributed by atoms with Crippen LogP contribution in [0.25, 0.3) is 0 Å². The molecule has 2 atom stereocenters. The number of aliphatic hydroxyl groups is 1. The Hall–Kier alpha value is -1.14. The first-order chi connectivity index (χ1) is 6.36. The normalized spacial score (nSPS) is 14.9. The van der Waals surface area contributed by atoms with Crippen molar-refractivity contribution >= 4 is 11.8 Å². The lowest BCUT2D eigenvalue weighted by atomic mass is 10.1. The highest BCUT2D eigenvalue weighted by molar-refractivity contribution is 5.83. The second-order valence-electron chi connectivity index (χ2n) is 3.43. The highest BCUT2D eigenvalue weighted by atomic mass is 16.3. The van der Waals surface area contributed by atoms with Gasteiger partial charge >= 0.3 is 0 Å². The summed E-state index contributed by atoms with van der Waals surface area (Å²) in [5, 5.41) is 11.3. The van der Waals surface area contributed by atoms with E-state index in [1.807, 2.05) is 0 Å². The fraction of sp³-hybridized carbons (Fsp3) is 0.750. The van der Waals surface area contributed by atoms with Crippen molar-refractivity contribution in [3.05, 3.63) is 0 Å². The zero-order chi connectivity index (χ0) is 11.3. The van der Waals surface area contributed by atoms with Gasteiger partial charge in [-0.2, -0.15) is 0 Å². The van der Waals surface area contributed by atoms with Crippen LogP contribution in [0.15, 0.2) is 0 Å². The van der Waals surface area contributed by atoms with Crippen molar-refractivity contribution in [1.82, 2.24) is 5.32 Å². The van der Waals surface area contributed by atoms with Gasteiger partial charge in [0.25, 0.3) is 0 Å². The lowest BCUT2D eigenvalue weighted by Crippen LogP contribution is -2.48. The van der Waals surface area contributed by atoms with E-state index in [2.05, 4.69) is 5.32 Å². The third-order valence-electron chi connectivity index (χ3n) is 1.82. The molecule has 2 unspecified atom stereocenters. The Bertz CT molecular complexity index is 218. The molecule has 6 heteroatoms. The van der Waals surface area contributed by atoms with Gasteiger partial charge in [0.05, 0.1) is 12.6 Å². The fourth-order valence-electron chi connectivity index (χ4n) is 0.718. The molecule has 2 amide bonds. The van der Waals surface area contributed by atoms with Gasteiger partial charge in [-0.15, -0.1) is 0 Å². The molecule has 0 heterocycles. The third kappa shape index (κ3) is 4.20. The van der Waals surface area contributed by atoms with E-state index < -0.39 is 24.0 Å². The number of rotatable bonds is 5. The molecule has 0 aliphatic carbocycles. The van der Waals surface area contributed by atoms with Crippen LogP contribution < -0.4 is 16.8 Å². The number of hydrogen-bond donors (Lipinski definition) is 4. The first-order valence-corrected chi connectivity index (χ1v) is 4.37. The van der Waals surface area contributed by atoms with Crippen LogP contribution in [0.5, 0.6) is 0 Å². The Balaban J connectivity index is 3.91. The van der Waals surface area contributed by atoms with Crippen molar-refractivity contribution in [2.45, 2.75) is 26.0 Å². The van der Waals surface area contributed by atoms with Crippen LogP contribution in [-0.2, 0) is 9.59 Å². The van der Waals surface area contributed by atoms with Crippen LogP contribution in [0.2, 0.25) is 0 Å². The fourth-order valence-corrected chi connectivity index (χ4v) is 0.718. The number of amides is 2. The highest BCUT2D eigenvalue weighted by Gasteiger charge is 2.19. The summed E-state index contributed by atoms with van der Waals surface area (Å²) in [6, 6.07) is -0.643. The molecule has 0 radical (unpaired) electrons. The summed E-state index contributed by atoms with van der Waals surface area (Å²) in [4.78, 5) is 21.6. The number of nitrogens with one attached hydrogen (secondary N) is 1. The van der Waals surface area contributed by atoms with Crippen LogP contribution in [0.1, 0.15) is 13.8 Å². The number of hydrogen-bond acceptors (Lipinski definition) is 4. The van der Waals surface area contributed by atoms with E-state index in [1.165, 1.54) is 0 Å². The zero-order valence-corrected chi connectivity index (χ0v) is 8.36. The molecule has 82 valence electrons. The van der Waals surface area contributed by atoms with E-state index in [0.717, 1.165) is 0 Å². The van der Waals surface area contributed by atoms with Crippen LogP contribution in [-0.4, -0.2) is 35.6 Å². The summed E-state index contributed by atoms with van der Waals surface area (Å²) in [5.41, 5.74) is 10.3. The van der Waals surface area contributed by atoms with Gasteiger partial charge < -0.3 is 21.9 Å². The second kappa shape index (κ2) is 5.56. The SMILES string of the molecule is CC(C)C(N)C(=O)NCC(O)C(N)=O. The Morgan fingerprint density at radius 3 is 2.29 bits per heavy atom. The minimum atomic E-state index is -1.36. The molecule has 0 bridgehead atoms. The summed E-state index contributed by atoms with van der Waals surface area (Å²) >= 11 is 0. The molecule has 0 aliphatic rings. The molecule has 0 rings (SSSR count). The molecular formula is C8H17N3O3. The van der Waals surface area contributed by atoms with Crippen LogP contribution in [0.4, 0.5) is 0 Å². The van der Waals surface area contributed by atoms with Gasteiger partial charge in [-0.3, -0.25) is 9.59 Å². The van der Waals surface area contributed by atoms with Gasteiger partial charge in [-0.25, -0.2) is 0 Å². The van der Waals surface area contributed by atoms with Crippen LogP contribution >= 0.6 is 0 Å². The average molecular weight is 203 g/mol. The maximum atomic E-state index is 11.2. The smallest absolute Gasteiger partial charge is 0.248 e. The van der Waals surface area contributed by atoms with Gasteiger partial charge in [0, 0.05) is 0 Å². The van der Waals surface area contributed by atoms with Crippen molar-refractivity contribution in [2.75, 3.05) is 6.54 Å². The number of primary amides is 1. The van der Waals surface area contributed by atoms with Crippen molar-refractivity contribution in [3.63, 3.8) is 0 Å². The number of aliphatic hydroxyl groups excluding tert-OH is 1. The summed E-state index contributed by atoms with van der Waals surface area (Å²) in [6.45, 7) is 3.40. The molecule has 0 aromatic carbocycles. The number of carbonyl (C=O) groups is 2. The molecule has 0 saturated carbocycles. The molecule has 6 nitrogen and oxygen atoms in total. The first kappa shape index (κ1) is 12.9. The molecule has 6 N–H and O–H groups in total. The van der Waals surface area contributed by atoms with Gasteiger partial charge in [0.2, 0.25) is 11.8 Å². The summed E-state index contributed by atoms with van der Waals surface area (Å²) in [6.07, 6.45) is -1.36. The molecule has 14 heavy (non-hydrogen) atoms. The summed E-state index contributed by atoms with van der Waals surface area (Å²) in [7, 11) is 0. The van der Waals surface area contributed by atoms with Crippen molar-refractivity contribution in [1.29, 1.82) is 0 Å². The van der Waals surface area contributed by atoms with E-state index in [1.54, 1.807) is 13.8 Å². The molecule has 0 fully saturated rings. The average Bonchev–Trinajstić information content (AvgIpc) is 2.11. The molecule has 0 aromatic rings. The van der Waals surface area contributed by atoms with E-state index in [-0.39, 0.29) is 12.5 Å². The van der Waals surface area contributed by atoms with Gasteiger partial charge in [0.1, 0.15) is 6.10 Å². The van der Waals surface area contributed by atoms with E-state index in [4.69, 9.17) is 16.6 Å². The van der Waals surface area contributed by atoms with E-state index in [0.29, 0.717) is 0 Å². The molecule has 0 aromatic heterocycles. The minimum absolute atomic E-state index is 0.000668. The van der Waals surface area contributed by atoms with Gasteiger partial charge in [-0.05, 0) is 5.92 Å². The maximum absolute atomic E-state index is 11.2. The quantitative estimate of drug-likeness (QED) is 0.410. The summed E-state index contributed by atoms with van der Waals surface area (Å²) < 4.78 is 0. The third-order valence-corrected chi connectivity index (χ3v) is 1.82. The topological polar surface area (TPSA) is 118 Å². The van der Waals surface area contributed by atoms with E-state index in [9.17, 15) is 9.59 Å². The van der Waals surface area contributed by atoms with Crippen molar-refractivity contribution in [3.8, 4) is 0 Å². The largest absolute Gasteiger partial charge is 0.381 e.